The number of nitrogens with zero attached hydrogens (tertiary/aromatic N) is 2. The van der Waals surface area contributed by atoms with Crippen LogP contribution in [-0.4, -0.2) is 22.2 Å². The third kappa shape index (κ3) is 5.02. The summed E-state index contributed by atoms with van der Waals surface area (Å²) in [6.07, 6.45) is 5.94. The van der Waals surface area contributed by atoms with Gasteiger partial charge in [-0.15, -0.1) is 0 Å². The third-order valence-corrected chi connectivity index (χ3v) is 4.07. The second kappa shape index (κ2) is 7.43. The van der Waals surface area contributed by atoms with Gasteiger partial charge in [0.05, 0.1) is 6.54 Å². The van der Waals surface area contributed by atoms with Crippen LogP contribution in [0.3, 0.4) is 0 Å². The first kappa shape index (κ1) is 15.8. The molecular weight excluding hydrogens is 268 g/mol. The minimum Gasteiger partial charge on any atom is -0.340 e. The maximum atomic E-state index is 12.0. The van der Waals surface area contributed by atoms with Crippen molar-refractivity contribution >= 4 is 6.03 Å². The molecule has 6 nitrogen and oxygen atoms in total. The van der Waals surface area contributed by atoms with Gasteiger partial charge in [-0.3, -0.25) is 0 Å². The molecule has 0 aromatic carbocycles. The second-order valence-corrected chi connectivity index (χ2v) is 6.33. The summed E-state index contributed by atoms with van der Waals surface area (Å²) in [7, 11) is 0. The molecule has 1 saturated carbocycles. The van der Waals surface area contributed by atoms with E-state index in [-0.39, 0.29) is 6.03 Å². The Morgan fingerprint density at radius 3 is 2.90 bits per heavy atom. The van der Waals surface area contributed by atoms with Crippen LogP contribution in [0.25, 0.3) is 0 Å². The van der Waals surface area contributed by atoms with E-state index >= 15 is 0 Å². The van der Waals surface area contributed by atoms with Gasteiger partial charge in [-0.1, -0.05) is 31.8 Å². The Labute approximate surface area is 126 Å². The van der Waals surface area contributed by atoms with Crippen molar-refractivity contribution in [1.82, 2.24) is 20.8 Å². The molecule has 6 heteroatoms. The summed E-state index contributed by atoms with van der Waals surface area (Å²) in [5, 5.41) is 9.64. The zero-order chi connectivity index (χ0) is 15.2. The number of rotatable bonds is 6. The van der Waals surface area contributed by atoms with Gasteiger partial charge in [-0.05, 0) is 31.1 Å². The summed E-state index contributed by atoms with van der Waals surface area (Å²) < 4.78 is 4.87. The van der Waals surface area contributed by atoms with Gasteiger partial charge < -0.3 is 15.2 Å². The minimum atomic E-state index is -0.140. The Bertz CT molecular complexity index is 458. The van der Waals surface area contributed by atoms with E-state index < -0.39 is 0 Å². The van der Waals surface area contributed by atoms with Gasteiger partial charge in [0.25, 0.3) is 0 Å². The maximum Gasteiger partial charge on any atom is 0.315 e. The zero-order valence-corrected chi connectivity index (χ0v) is 13.2. The van der Waals surface area contributed by atoms with Gasteiger partial charge in [0.1, 0.15) is 0 Å². The Balaban J connectivity index is 1.73. The summed E-state index contributed by atoms with van der Waals surface area (Å²) in [6.45, 7) is 6.52. The smallest absolute Gasteiger partial charge is 0.315 e. The molecule has 1 heterocycles. The van der Waals surface area contributed by atoms with Crippen LogP contribution in [0.5, 0.6) is 0 Å². The Kier molecular flexibility index (Phi) is 5.59. The van der Waals surface area contributed by atoms with Crippen molar-refractivity contribution in [3.8, 4) is 0 Å². The lowest BCUT2D eigenvalue weighted by Crippen LogP contribution is -2.43. The number of nitrogens with one attached hydrogen (secondary N) is 2. The third-order valence-electron chi connectivity index (χ3n) is 4.07. The molecule has 118 valence electrons. The SMILES string of the molecule is Cc1nc(CNC(=O)N[C@H]2CCC[C@H]2CCC(C)C)no1. The largest absolute Gasteiger partial charge is 0.340 e. The van der Waals surface area contributed by atoms with Crippen LogP contribution >= 0.6 is 0 Å². The molecule has 0 radical (unpaired) electrons. The minimum absolute atomic E-state index is 0.140. The molecule has 2 amide bonds. The van der Waals surface area contributed by atoms with Gasteiger partial charge in [-0.2, -0.15) is 4.98 Å². The molecule has 2 N–H and O–H groups in total. The number of carbonyl (C=O) groups excluding carboxylic acids is 1. The summed E-state index contributed by atoms with van der Waals surface area (Å²) in [5.74, 6) is 2.36. The highest BCUT2D eigenvalue weighted by atomic mass is 16.5. The average molecular weight is 294 g/mol. The van der Waals surface area contributed by atoms with Crippen LogP contribution < -0.4 is 10.6 Å². The van der Waals surface area contributed by atoms with Gasteiger partial charge in [-0.25, -0.2) is 4.79 Å². The summed E-state index contributed by atoms with van der Waals surface area (Å²) >= 11 is 0. The molecule has 1 aromatic rings. The second-order valence-electron chi connectivity index (χ2n) is 6.33. The van der Waals surface area contributed by atoms with E-state index in [9.17, 15) is 4.79 Å². The van der Waals surface area contributed by atoms with Gasteiger partial charge >= 0.3 is 6.03 Å². The topological polar surface area (TPSA) is 80.0 Å². The average Bonchev–Trinajstić information content (AvgIpc) is 3.03. The fourth-order valence-corrected chi connectivity index (χ4v) is 2.91. The number of hydrogen-bond donors (Lipinski definition) is 2. The van der Waals surface area contributed by atoms with Crippen LogP contribution in [0.4, 0.5) is 4.79 Å². The van der Waals surface area contributed by atoms with E-state index in [2.05, 4.69) is 34.6 Å². The van der Waals surface area contributed by atoms with Crippen molar-refractivity contribution in [1.29, 1.82) is 0 Å². The standard InChI is InChI=1S/C15H26N4O2/c1-10(2)7-8-12-5-4-6-13(12)18-15(20)16-9-14-17-11(3)21-19-14/h10,12-13H,4-9H2,1-3H3,(H2,16,18,20)/t12-,13-/m0/s1. The first-order valence-electron chi connectivity index (χ1n) is 7.88. The van der Waals surface area contributed by atoms with Crippen LogP contribution in [-0.2, 0) is 6.54 Å². The van der Waals surface area contributed by atoms with Gasteiger partial charge in [0, 0.05) is 13.0 Å². The molecule has 0 aliphatic heterocycles. The maximum absolute atomic E-state index is 12.0. The van der Waals surface area contributed by atoms with E-state index in [4.69, 9.17) is 4.52 Å². The highest BCUT2D eigenvalue weighted by molar-refractivity contribution is 5.74. The van der Waals surface area contributed by atoms with Crippen molar-refractivity contribution < 1.29 is 9.32 Å². The molecule has 1 fully saturated rings. The molecule has 0 saturated heterocycles. The molecule has 0 bridgehead atoms. The van der Waals surface area contributed by atoms with Gasteiger partial charge in [0.15, 0.2) is 5.82 Å². The molecule has 2 rings (SSSR count). The summed E-state index contributed by atoms with van der Waals surface area (Å²) in [5.41, 5.74) is 0. The van der Waals surface area contributed by atoms with E-state index in [1.807, 2.05) is 0 Å². The van der Waals surface area contributed by atoms with Gasteiger partial charge in [0.2, 0.25) is 5.89 Å². The quantitative estimate of drug-likeness (QED) is 0.845. The lowest BCUT2D eigenvalue weighted by molar-refractivity contribution is 0.231. The fraction of sp³-hybridized carbons (Fsp3) is 0.800. The molecule has 0 unspecified atom stereocenters. The van der Waals surface area contributed by atoms with Crippen molar-refractivity contribution in [2.24, 2.45) is 11.8 Å². The Morgan fingerprint density at radius 2 is 2.24 bits per heavy atom. The first-order valence-corrected chi connectivity index (χ1v) is 7.88. The molecular formula is C15H26N4O2. The number of urea groups is 1. The lowest BCUT2D eigenvalue weighted by Gasteiger charge is -2.21. The molecule has 1 aliphatic rings. The van der Waals surface area contributed by atoms with Crippen molar-refractivity contribution in [3.63, 3.8) is 0 Å². The number of amides is 2. The van der Waals surface area contributed by atoms with Crippen LogP contribution in [0.1, 0.15) is 57.7 Å². The summed E-state index contributed by atoms with van der Waals surface area (Å²) in [6, 6.07) is 0.162. The van der Waals surface area contributed by atoms with E-state index in [0.29, 0.717) is 30.2 Å². The normalized spacial score (nSPS) is 21.7. The van der Waals surface area contributed by atoms with Crippen molar-refractivity contribution in [2.45, 2.75) is 65.5 Å². The lowest BCUT2D eigenvalue weighted by atomic mass is 9.94. The van der Waals surface area contributed by atoms with Crippen LogP contribution in [0, 0.1) is 18.8 Å². The number of aromatic nitrogens is 2. The number of hydrogen-bond acceptors (Lipinski definition) is 4. The summed E-state index contributed by atoms with van der Waals surface area (Å²) in [4.78, 5) is 16.0. The zero-order valence-electron chi connectivity index (χ0n) is 13.2. The van der Waals surface area contributed by atoms with E-state index in [0.717, 1.165) is 12.3 Å². The highest BCUT2D eigenvalue weighted by Gasteiger charge is 2.28. The molecule has 21 heavy (non-hydrogen) atoms. The first-order chi connectivity index (χ1) is 10.0. The van der Waals surface area contributed by atoms with E-state index in [1.54, 1.807) is 6.92 Å². The van der Waals surface area contributed by atoms with Crippen LogP contribution in [0.2, 0.25) is 0 Å². The number of carbonyl (C=O) groups is 1. The predicted octanol–water partition coefficient (Wildman–Crippen LogP) is 2.78. The van der Waals surface area contributed by atoms with Crippen molar-refractivity contribution in [3.05, 3.63) is 11.7 Å². The Hall–Kier alpha value is -1.59. The molecule has 0 spiro atoms. The molecule has 1 aliphatic carbocycles. The molecule has 1 aromatic heterocycles. The molecule has 2 atom stereocenters. The van der Waals surface area contributed by atoms with E-state index in [1.165, 1.54) is 25.7 Å². The van der Waals surface area contributed by atoms with Crippen molar-refractivity contribution in [2.75, 3.05) is 0 Å². The highest BCUT2D eigenvalue weighted by Crippen LogP contribution is 2.30. The Morgan fingerprint density at radius 1 is 1.43 bits per heavy atom. The monoisotopic (exact) mass is 294 g/mol. The predicted molar refractivity (Wildman–Crippen MR) is 79.6 cm³/mol. The number of aryl methyl sites for hydroxylation is 1. The fourth-order valence-electron chi connectivity index (χ4n) is 2.91. The van der Waals surface area contributed by atoms with Crippen LogP contribution in [0.15, 0.2) is 4.52 Å².